The molecular weight excluding hydrogens is 493 g/mol. The summed E-state index contributed by atoms with van der Waals surface area (Å²) in [5.41, 5.74) is 0.482. The average molecular weight is 517 g/mol. The van der Waals surface area contributed by atoms with Gasteiger partial charge in [0, 0.05) is 50.2 Å². The molecule has 0 aromatic heterocycles. The van der Waals surface area contributed by atoms with Gasteiger partial charge < -0.3 is 19.9 Å². The van der Waals surface area contributed by atoms with Gasteiger partial charge in [0.15, 0.2) is 5.96 Å². The minimum absolute atomic E-state index is 0. The molecule has 152 valence electrons. The quantitative estimate of drug-likeness (QED) is 0.371. The lowest BCUT2D eigenvalue weighted by Gasteiger charge is -2.36. The van der Waals surface area contributed by atoms with Crippen LogP contribution in [0.25, 0.3) is 0 Å². The van der Waals surface area contributed by atoms with Crippen LogP contribution in [0.3, 0.4) is 0 Å². The number of hydrogen-bond acceptors (Lipinski definition) is 3. The van der Waals surface area contributed by atoms with E-state index in [1.54, 1.807) is 17.9 Å². The number of nitrogens with one attached hydrogen (secondary N) is 1. The van der Waals surface area contributed by atoms with Crippen molar-refractivity contribution >= 4 is 47.4 Å². The van der Waals surface area contributed by atoms with Crippen molar-refractivity contribution in [3.05, 3.63) is 28.8 Å². The van der Waals surface area contributed by atoms with E-state index >= 15 is 0 Å². The molecule has 1 aromatic rings. The number of rotatable bonds is 5. The molecule has 1 fully saturated rings. The first-order valence-corrected chi connectivity index (χ1v) is 8.80. The first kappa shape index (κ1) is 23.7. The van der Waals surface area contributed by atoms with E-state index in [1.807, 2.05) is 11.8 Å². The molecule has 1 saturated heterocycles. The number of carbonyl (C=O) groups is 1. The number of aliphatic imine (C=N–C) groups is 1. The average Bonchev–Trinajstić information content (AvgIpc) is 2.60. The third-order valence-electron chi connectivity index (χ3n) is 4.00. The Morgan fingerprint density at radius 1 is 1.30 bits per heavy atom. The molecular formula is C17H24ClF2IN4O2. The monoisotopic (exact) mass is 516 g/mol. The van der Waals surface area contributed by atoms with Gasteiger partial charge in [-0.3, -0.25) is 4.79 Å². The van der Waals surface area contributed by atoms with E-state index in [9.17, 15) is 13.6 Å². The van der Waals surface area contributed by atoms with Crippen LogP contribution in [0.4, 0.5) is 8.78 Å². The fourth-order valence-corrected chi connectivity index (χ4v) is 2.90. The Balaban J connectivity index is 0.00000364. The molecule has 2 rings (SSSR count). The minimum Gasteiger partial charge on any atom is -0.434 e. The van der Waals surface area contributed by atoms with Gasteiger partial charge in [0.25, 0.3) is 0 Å². The maximum Gasteiger partial charge on any atom is 0.387 e. The number of amides is 1. The number of benzene rings is 1. The van der Waals surface area contributed by atoms with Crippen LogP contribution < -0.4 is 10.1 Å². The van der Waals surface area contributed by atoms with Crippen LogP contribution in [0, 0.1) is 0 Å². The molecule has 1 amide bonds. The number of carbonyl (C=O) groups excluding carboxylic acids is 1. The van der Waals surface area contributed by atoms with E-state index < -0.39 is 6.61 Å². The second-order valence-corrected chi connectivity index (χ2v) is 6.23. The Morgan fingerprint density at radius 3 is 2.48 bits per heavy atom. The second kappa shape index (κ2) is 11.5. The first-order chi connectivity index (χ1) is 12.4. The molecule has 1 aromatic carbocycles. The van der Waals surface area contributed by atoms with Gasteiger partial charge in [-0.05, 0) is 25.1 Å². The molecule has 0 bridgehead atoms. The van der Waals surface area contributed by atoms with Crippen LogP contribution in [-0.2, 0) is 11.3 Å². The lowest BCUT2D eigenvalue weighted by atomic mass is 10.2. The van der Waals surface area contributed by atoms with Crippen LogP contribution in [-0.4, -0.2) is 61.0 Å². The summed E-state index contributed by atoms with van der Waals surface area (Å²) in [5, 5.41) is 3.62. The predicted octanol–water partition coefficient (Wildman–Crippen LogP) is 3.19. The van der Waals surface area contributed by atoms with Gasteiger partial charge in [0.2, 0.25) is 5.91 Å². The Labute approximate surface area is 179 Å². The summed E-state index contributed by atoms with van der Waals surface area (Å²) in [6, 6.07) is 4.48. The number of hydrogen-bond donors (Lipinski definition) is 1. The minimum atomic E-state index is -2.91. The number of guanidine groups is 1. The topological polar surface area (TPSA) is 57.2 Å². The van der Waals surface area contributed by atoms with Crippen molar-refractivity contribution in [3.8, 4) is 5.75 Å². The summed E-state index contributed by atoms with van der Waals surface area (Å²) in [4.78, 5) is 19.8. The van der Waals surface area contributed by atoms with E-state index in [4.69, 9.17) is 11.6 Å². The molecule has 1 aliphatic heterocycles. The molecule has 0 saturated carbocycles. The molecule has 1 heterocycles. The molecule has 10 heteroatoms. The van der Waals surface area contributed by atoms with Crippen LogP contribution in [0.1, 0.15) is 19.4 Å². The van der Waals surface area contributed by atoms with Gasteiger partial charge in [-0.15, -0.1) is 24.0 Å². The van der Waals surface area contributed by atoms with E-state index in [0.717, 1.165) is 0 Å². The van der Waals surface area contributed by atoms with Crippen molar-refractivity contribution in [1.82, 2.24) is 15.1 Å². The third kappa shape index (κ3) is 7.28. The lowest BCUT2D eigenvalue weighted by molar-refractivity contribution is -0.130. The fraction of sp³-hybridized carbons (Fsp3) is 0.529. The van der Waals surface area contributed by atoms with Gasteiger partial charge in [0.05, 0.1) is 6.54 Å². The molecule has 0 aliphatic carbocycles. The zero-order valence-electron chi connectivity index (χ0n) is 15.3. The third-order valence-corrected chi connectivity index (χ3v) is 4.23. The van der Waals surface area contributed by atoms with Gasteiger partial charge >= 0.3 is 6.61 Å². The van der Waals surface area contributed by atoms with E-state index in [-0.39, 0.29) is 42.2 Å². The van der Waals surface area contributed by atoms with E-state index in [0.29, 0.717) is 49.3 Å². The fourth-order valence-electron chi connectivity index (χ4n) is 2.70. The van der Waals surface area contributed by atoms with Crippen molar-refractivity contribution < 1.29 is 18.3 Å². The highest BCUT2D eigenvalue weighted by molar-refractivity contribution is 14.0. The second-order valence-electron chi connectivity index (χ2n) is 5.79. The normalized spacial score (nSPS) is 14.8. The number of ether oxygens (including phenoxy) is 1. The summed E-state index contributed by atoms with van der Waals surface area (Å²) in [5.74, 6) is 0.781. The standard InChI is InChI=1S/C17H23ClF2N4O2.HI/c1-3-21-17(24-8-6-23(7-9-24)12(2)25)22-11-13-10-14(18)4-5-15(13)26-16(19)20;/h4-5,10,16H,3,6-9,11H2,1-2H3,(H,21,22);1H. The van der Waals surface area contributed by atoms with E-state index in [1.165, 1.54) is 12.1 Å². The summed E-state index contributed by atoms with van der Waals surface area (Å²) in [7, 11) is 0. The van der Waals surface area contributed by atoms with Gasteiger partial charge in [-0.2, -0.15) is 8.78 Å². The maximum absolute atomic E-state index is 12.6. The predicted molar refractivity (Wildman–Crippen MR) is 112 cm³/mol. The molecule has 6 nitrogen and oxygen atoms in total. The highest BCUT2D eigenvalue weighted by Gasteiger charge is 2.21. The van der Waals surface area contributed by atoms with Crippen molar-refractivity contribution in [2.24, 2.45) is 4.99 Å². The van der Waals surface area contributed by atoms with Crippen LogP contribution >= 0.6 is 35.6 Å². The van der Waals surface area contributed by atoms with Gasteiger partial charge in [0.1, 0.15) is 5.75 Å². The molecule has 1 aliphatic rings. The highest BCUT2D eigenvalue weighted by Crippen LogP contribution is 2.25. The largest absolute Gasteiger partial charge is 0.434 e. The SMILES string of the molecule is CCNC(=NCc1cc(Cl)ccc1OC(F)F)N1CCN(C(C)=O)CC1.I. The van der Waals surface area contributed by atoms with Crippen molar-refractivity contribution in [3.63, 3.8) is 0 Å². The molecule has 0 radical (unpaired) electrons. The van der Waals surface area contributed by atoms with Crippen LogP contribution in [0.15, 0.2) is 23.2 Å². The van der Waals surface area contributed by atoms with Crippen molar-refractivity contribution in [1.29, 1.82) is 0 Å². The van der Waals surface area contributed by atoms with E-state index in [2.05, 4.69) is 15.0 Å². The first-order valence-electron chi connectivity index (χ1n) is 8.42. The van der Waals surface area contributed by atoms with Gasteiger partial charge in [-0.1, -0.05) is 11.6 Å². The zero-order chi connectivity index (χ0) is 19.1. The Kier molecular flexibility index (Phi) is 10.1. The van der Waals surface area contributed by atoms with Crippen molar-refractivity contribution in [2.75, 3.05) is 32.7 Å². The molecule has 27 heavy (non-hydrogen) atoms. The Hall–Kier alpha value is -1.36. The lowest BCUT2D eigenvalue weighted by Crippen LogP contribution is -2.53. The summed E-state index contributed by atoms with van der Waals surface area (Å²) < 4.78 is 29.7. The molecule has 1 N–H and O–H groups in total. The van der Waals surface area contributed by atoms with Gasteiger partial charge in [-0.25, -0.2) is 4.99 Å². The Bertz CT molecular complexity index is 656. The molecule has 0 spiro atoms. The number of halogens is 4. The summed E-state index contributed by atoms with van der Waals surface area (Å²) >= 11 is 5.97. The zero-order valence-corrected chi connectivity index (χ0v) is 18.3. The molecule has 0 atom stereocenters. The number of piperazine rings is 1. The smallest absolute Gasteiger partial charge is 0.387 e. The van der Waals surface area contributed by atoms with Crippen LogP contribution in [0.2, 0.25) is 5.02 Å². The number of nitrogens with zero attached hydrogens (tertiary/aromatic N) is 3. The van der Waals surface area contributed by atoms with Crippen molar-refractivity contribution in [2.45, 2.75) is 27.0 Å². The molecule has 0 unspecified atom stereocenters. The Morgan fingerprint density at radius 2 is 1.93 bits per heavy atom. The summed E-state index contributed by atoms with van der Waals surface area (Å²) in [6.45, 7) is 3.96. The maximum atomic E-state index is 12.6. The van der Waals surface area contributed by atoms with Crippen LogP contribution in [0.5, 0.6) is 5.75 Å². The highest BCUT2D eigenvalue weighted by atomic mass is 127. The number of alkyl halides is 2. The summed E-state index contributed by atoms with van der Waals surface area (Å²) in [6.07, 6.45) is 0.